The van der Waals surface area contributed by atoms with Crippen molar-refractivity contribution < 1.29 is 14.6 Å². The third-order valence-electron chi connectivity index (χ3n) is 2.35. The van der Waals surface area contributed by atoms with E-state index in [4.69, 9.17) is 5.26 Å². The summed E-state index contributed by atoms with van der Waals surface area (Å²) in [6.07, 6.45) is 1.44. The minimum Gasteiger partial charge on any atom is -0.507 e. The van der Waals surface area contributed by atoms with Gasteiger partial charge in [-0.2, -0.15) is 5.26 Å². The predicted molar refractivity (Wildman–Crippen MR) is 63.2 cm³/mol. The standard InChI is InChI=1S/C13H13NO3/c1-8-4-10(5-9(2)12(8)15)6-11(7-14)13(16)17-3/h4-6,15H,1-3H3/b11-6-. The quantitative estimate of drug-likeness (QED) is 0.480. The number of aromatic hydroxyl groups is 1. The number of hydrogen-bond donors (Lipinski definition) is 1. The minimum absolute atomic E-state index is 0.0722. The fourth-order valence-electron chi connectivity index (χ4n) is 1.49. The number of carbonyl (C=O) groups is 1. The number of nitrogens with zero attached hydrogens (tertiary/aromatic N) is 1. The molecule has 0 saturated carbocycles. The molecule has 0 radical (unpaired) electrons. The first kappa shape index (κ1) is 12.8. The number of nitriles is 1. The van der Waals surface area contributed by atoms with Crippen molar-refractivity contribution in [2.75, 3.05) is 7.11 Å². The van der Waals surface area contributed by atoms with Crippen LogP contribution in [0.15, 0.2) is 17.7 Å². The molecule has 88 valence electrons. The van der Waals surface area contributed by atoms with E-state index in [1.165, 1.54) is 13.2 Å². The molecule has 1 N–H and O–H groups in total. The highest BCUT2D eigenvalue weighted by Crippen LogP contribution is 2.24. The smallest absolute Gasteiger partial charge is 0.348 e. The van der Waals surface area contributed by atoms with Gasteiger partial charge in [0.2, 0.25) is 0 Å². The zero-order valence-electron chi connectivity index (χ0n) is 9.94. The Morgan fingerprint density at radius 1 is 1.41 bits per heavy atom. The first-order valence-corrected chi connectivity index (χ1v) is 5.00. The molecule has 0 aliphatic heterocycles. The Balaban J connectivity index is 3.23. The van der Waals surface area contributed by atoms with E-state index < -0.39 is 5.97 Å². The molecule has 4 heteroatoms. The van der Waals surface area contributed by atoms with Crippen molar-refractivity contribution in [1.29, 1.82) is 5.26 Å². The van der Waals surface area contributed by atoms with Crippen LogP contribution >= 0.6 is 0 Å². The van der Waals surface area contributed by atoms with E-state index in [-0.39, 0.29) is 11.3 Å². The molecule has 4 nitrogen and oxygen atoms in total. The van der Waals surface area contributed by atoms with E-state index in [0.29, 0.717) is 16.7 Å². The molecule has 0 heterocycles. The van der Waals surface area contributed by atoms with Crippen LogP contribution in [0.25, 0.3) is 6.08 Å². The van der Waals surface area contributed by atoms with Gasteiger partial charge in [0, 0.05) is 0 Å². The van der Waals surface area contributed by atoms with Gasteiger partial charge >= 0.3 is 5.97 Å². The predicted octanol–water partition coefficient (Wildman–Crippen LogP) is 2.09. The van der Waals surface area contributed by atoms with E-state index in [1.807, 2.05) is 0 Å². The van der Waals surface area contributed by atoms with Crippen LogP contribution in [-0.2, 0) is 9.53 Å². The summed E-state index contributed by atoms with van der Waals surface area (Å²) in [6.45, 7) is 3.51. The summed E-state index contributed by atoms with van der Waals surface area (Å²) in [6, 6.07) is 5.17. The summed E-state index contributed by atoms with van der Waals surface area (Å²) < 4.78 is 4.48. The summed E-state index contributed by atoms with van der Waals surface area (Å²) in [5, 5.41) is 18.4. The van der Waals surface area contributed by atoms with Gasteiger partial charge in [-0.15, -0.1) is 0 Å². The highest BCUT2D eigenvalue weighted by Gasteiger charge is 2.09. The summed E-state index contributed by atoms with van der Waals surface area (Å²) in [4.78, 5) is 11.2. The first-order chi connectivity index (χ1) is 7.99. The number of esters is 1. The number of carbonyl (C=O) groups excluding carboxylic acids is 1. The maximum absolute atomic E-state index is 11.2. The zero-order chi connectivity index (χ0) is 13.0. The number of benzene rings is 1. The van der Waals surface area contributed by atoms with Crippen molar-refractivity contribution in [3.8, 4) is 11.8 Å². The molecule has 1 aromatic carbocycles. The fourth-order valence-corrected chi connectivity index (χ4v) is 1.49. The summed E-state index contributed by atoms with van der Waals surface area (Å²) >= 11 is 0. The van der Waals surface area contributed by atoms with E-state index in [1.54, 1.807) is 32.0 Å². The van der Waals surface area contributed by atoms with Crippen LogP contribution in [0.1, 0.15) is 16.7 Å². The number of hydrogen-bond acceptors (Lipinski definition) is 4. The van der Waals surface area contributed by atoms with Gasteiger partial charge in [-0.25, -0.2) is 4.79 Å². The molecule has 0 fully saturated rings. The number of aryl methyl sites for hydroxylation is 2. The summed E-state index contributed by atoms with van der Waals surface area (Å²) in [5.74, 6) is -0.449. The van der Waals surface area contributed by atoms with Crippen LogP contribution in [0.4, 0.5) is 0 Å². The van der Waals surface area contributed by atoms with Crippen molar-refractivity contribution in [2.24, 2.45) is 0 Å². The average Bonchev–Trinajstić information content (AvgIpc) is 2.31. The van der Waals surface area contributed by atoms with Gasteiger partial charge in [-0.1, -0.05) is 0 Å². The molecule has 17 heavy (non-hydrogen) atoms. The van der Waals surface area contributed by atoms with Crippen LogP contribution in [0.5, 0.6) is 5.75 Å². The molecular weight excluding hydrogens is 218 g/mol. The van der Waals surface area contributed by atoms with Crippen molar-refractivity contribution in [3.05, 3.63) is 34.4 Å². The van der Waals surface area contributed by atoms with E-state index in [9.17, 15) is 9.90 Å². The molecule has 0 amide bonds. The lowest BCUT2D eigenvalue weighted by molar-refractivity contribution is -0.135. The maximum atomic E-state index is 11.2. The molecule has 0 atom stereocenters. The number of phenolic OH excluding ortho intramolecular Hbond substituents is 1. The summed E-state index contributed by atoms with van der Waals surface area (Å²) in [7, 11) is 1.22. The fraction of sp³-hybridized carbons (Fsp3) is 0.231. The Hall–Kier alpha value is -2.28. The third kappa shape index (κ3) is 2.85. The molecular formula is C13H13NO3. The molecule has 0 spiro atoms. The van der Waals surface area contributed by atoms with Crippen LogP contribution in [0, 0.1) is 25.2 Å². The second kappa shape index (κ2) is 5.17. The van der Waals surface area contributed by atoms with E-state index in [2.05, 4.69) is 4.74 Å². The van der Waals surface area contributed by atoms with Crippen molar-refractivity contribution in [2.45, 2.75) is 13.8 Å². The van der Waals surface area contributed by atoms with Gasteiger partial charge in [-0.05, 0) is 48.7 Å². The zero-order valence-corrected chi connectivity index (χ0v) is 9.94. The average molecular weight is 231 g/mol. The maximum Gasteiger partial charge on any atom is 0.348 e. The van der Waals surface area contributed by atoms with Gasteiger partial charge in [0.25, 0.3) is 0 Å². The van der Waals surface area contributed by atoms with Crippen molar-refractivity contribution in [3.63, 3.8) is 0 Å². The SMILES string of the molecule is COC(=O)/C(C#N)=C\c1cc(C)c(O)c(C)c1. The Bertz CT molecular complexity index is 501. The van der Waals surface area contributed by atoms with E-state index in [0.717, 1.165) is 0 Å². The Morgan fingerprint density at radius 2 is 1.94 bits per heavy atom. The molecule has 0 aromatic heterocycles. The highest BCUT2D eigenvalue weighted by molar-refractivity contribution is 5.97. The molecule has 0 saturated heterocycles. The Labute approximate surface area is 99.8 Å². The molecule has 0 bridgehead atoms. The summed E-state index contributed by atoms with van der Waals surface area (Å²) in [5.41, 5.74) is 1.99. The van der Waals surface area contributed by atoms with Crippen LogP contribution in [-0.4, -0.2) is 18.2 Å². The largest absolute Gasteiger partial charge is 0.507 e. The van der Waals surface area contributed by atoms with Gasteiger partial charge in [0.15, 0.2) is 0 Å². The monoisotopic (exact) mass is 231 g/mol. The Morgan fingerprint density at radius 3 is 2.35 bits per heavy atom. The molecule has 1 aromatic rings. The second-order valence-corrected chi connectivity index (χ2v) is 3.66. The molecule has 0 aliphatic carbocycles. The van der Waals surface area contributed by atoms with Crippen molar-refractivity contribution in [1.82, 2.24) is 0 Å². The third-order valence-corrected chi connectivity index (χ3v) is 2.35. The van der Waals surface area contributed by atoms with E-state index >= 15 is 0 Å². The van der Waals surface area contributed by atoms with Gasteiger partial charge in [0.05, 0.1) is 7.11 Å². The number of phenols is 1. The Kier molecular flexibility index (Phi) is 3.89. The van der Waals surface area contributed by atoms with Crippen LogP contribution in [0.2, 0.25) is 0 Å². The number of ether oxygens (including phenoxy) is 1. The number of rotatable bonds is 2. The van der Waals surface area contributed by atoms with Gasteiger partial charge in [-0.3, -0.25) is 0 Å². The number of methoxy groups -OCH3 is 1. The second-order valence-electron chi connectivity index (χ2n) is 3.66. The topological polar surface area (TPSA) is 70.3 Å². The minimum atomic E-state index is -0.670. The normalized spacial score (nSPS) is 10.8. The lowest BCUT2D eigenvalue weighted by Gasteiger charge is -2.05. The molecule has 0 aliphatic rings. The van der Waals surface area contributed by atoms with Gasteiger partial charge < -0.3 is 9.84 Å². The lowest BCUT2D eigenvalue weighted by Crippen LogP contribution is -2.02. The van der Waals surface area contributed by atoms with Crippen LogP contribution < -0.4 is 0 Å². The van der Waals surface area contributed by atoms with Gasteiger partial charge in [0.1, 0.15) is 17.4 Å². The molecule has 1 rings (SSSR count). The molecule has 0 unspecified atom stereocenters. The highest BCUT2D eigenvalue weighted by atomic mass is 16.5. The first-order valence-electron chi connectivity index (χ1n) is 5.00. The lowest BCUT2D eigenvalue weighted by atomic mass is 10.0. The van der Waals surface area contributed by atoms with Crippen LogP contribution in [0.3, 0.4) is 0 Å². The van der Waals surface area contributed by atoms with Crippen molar-refractivity contribution >= 4 is 12.0 Å².